The Bertz CT molecular complexity index is 638. The fraction of sp³-hybridized carbons (Fsp3) is 0.438. The van der Waals surface area contributed by atoms with Gasteiger partial charge < -0.3 is 14.6 Å². The maximum Gasteiger partial charge on any atom is 0.289 e. The average molecular weight is 309 g/mol. The molecule has 1 unspecified atom stereocenters. The molecule has 0 aliphatic carbocycles. The average Bonchev–Trinajstić information content (AvgIpc) is 2.89. The lowest BCUT2D eigenvalue weighted by molar-refractivity contribution is 0.0668. The Kier molecular flexibility index (Phi) is 4.91. The second-order valence-corrected chi connectivity index (χ2v) is 5.53. The summed E-state index contributed by atoms with van der Waals surface area (Å²) in [6, 6.07) is 8.21. The normalized spacial score (nSPS) is 18.6. The van der Waals surface area contributed by atoms with E-state index in [0.29, 0.717) is 11.8 Å². The first-order valence-corrected chi connectivity index (χ1v) is 7.14. The fourth-order valence-electron chi connectivity index (χ4n) is 2.82. The second-order valence-electron chi connectivity index (χ2n) is 5.53. The summed E-state index contributed by atoms with van der Waals surface area (Å²) in [5.74, 6) is 0.446. The second kappa shape index (κ2) is 6.50. The van der Waals surface area contributed by atoms with Gasteiger partial charge in [0.1, 0.15) is 5.58 Å². The van der Waals surface area contributed by atoms with E-state index in [1.807, 2.05) is 43.1 Å². The van der Waals surface area contributed by atoms with Gasteiger partial charge in [0.15, 0.2) is 5.76 Å². The third kappa shape index (κ3) is 3.22. The maximum atomic E-state index is 12.5. The smallest absolute Gasteiger partial charge is 0.289 e. The van der Waals surface area contributed by atoms with E-state index < -0.39 is 0 Å². The zero-order chi connectivity index (χ0) is 14.1. The first-order valence-electron chi connectivity index (χ1n) is 7.14. The summed E-state index contributed by atoms with van der Waals surface area (Å²) in [4.78, 5) is 14.4. The molecule has 0 bridgehead atoms. The van der Waals surface area contributed by atoms with Gasteiger partial charge in [0, 0.05) is 24.5 Å². The number of likely N-dealkylation sites (tertiary alicyclic amines) is 1. The van der Waals surface area contributed by atoms with Gasteiger partial charge in [0.25, 0.3) is 5.91 Å². The van der Waals surface area contributed by atoms with Crippen LogP contribution in [0, 0.1) is 6.92 Å². The fourth-order valence-corrected chi connectivity index (χ4v) is 2.82. The number of likely N-dealkylation sites (N-methyl/N-ethyl adjacent to an activating group) is 1. The van der Waals surface area contributed by atoms with Gasteiger partial charge in [-0.1, -0.05) is 11.6 Å². The van der Waals surface area contributed by atoms with Crippen molar-refractivity contribution in [2.45, 2.75) is 25.8 Å². The van der Waals surface area contributed by atoms with E-state index in [2.05, 4.69) is 5.32 Å². The first kappa shape index (κ1) is 15.9. The lowest BCUT2D eigenvalue weighted by Gasteiger charge is -2.31. The third-order valence-corrected chi connectivity index (χ3v) is 4.00. The molecule has 1 aromatic carbocycles. The van der Waals surface area contributed by atoms with Gasteiger partial charge in [-0.3, -0.25) is 4.79 Å². The van der Waals surface area contributed by atoms with Crippen molar-refractivity contribution in [3.63, 3.8) is 0 Å². The van der Waals surface area contributed by atoms with Crippen molar-refractivity contribution in [1.82, 2.24) is 10.2 Å². The molecule has 1 atom stereocenters. The number of nitrogens with zero attached hydrogens (tertiary/aromatic N) is 1. The Morgan fingerprint density at radius 1 is 1.38 bits per heavy atom. The molecule has 2 aromatic rings. The SMILES string of the molecule is CNC1CCCN(C(=O)c2cc3cc(C)ccc3o2)C1.Cl. The maximum absolute atomic E-state index is 12.5. The van der Waals surface area contributed by atoms with Crippen LogP contribution in [-0.4, -0.2) is 37.0 Å². The molecule has 2 heterocycles. The van der Waals surface area contributed by atoms with Crippen molar-refractivity contribution in [3.8, 4) is 0 Å². The summed E-state index contributed by atoms with van der Waals surface area (Å²) in [5, 5.41) is 4.25. The number of amides is 1. The predicted octanol–water partition coefficient (Wildman–Crippen LogP) is 2.99. The Hall–Kier alpha value is -1.52. The van der Waals surface area contributed by atoms with Crippen LogP contribution in [-0.2, 0) is 0 Å². The zero-order valence-corrected chi connectivity index (χ0v) is 13.2. The molecule has 0 spiro atoms. The van der Waals surface area contributed by atoms with Gasteiger partial charge in [0.2, 0.25) is 0 Å². The van der Waals surface area contributed by atoms with Crippen LogP contribution in [0.5, 0.6) is 0 Å². The van der Waals surface area contributed by atoms with Crippen molar-refractivity contribution in [3.05, 3.63) is 35.6 Å². The number of carbonyl (C=O) groups excluding carboxylic acids is 1. The van der Waals surface area contributed by atoms with Gasteiger partial charge >= 0.3 is 0 Å². The first-order chi connectivity index (χ1) is 9.67. The molecule has 5 heteroatoms. The standard InChI is InChI=1S/C16H20N2O2.ClH/c1-11-5-6-14-12(8-11)9-15(20-14)16(19)18-7-3-4-13(10-18)17-2;/h5-6,8-9,13,17H,3-4,7,10H2,1-2H3;1H. The van der Waals surface area contributed by atoms with Crippen LogP contribution in [0.15, 0.2) is 28.7 Å². The molecule has 4 nitrogen and oxygen atoms in total. The van der Waals surface area contributed by atoms with E-state index in [1.54, 1.807) is 0 Å². The Morgan fingerprint density at radius 3 is 2.95 bits per heavy atom. The number of piperidine rings is 1. The lowest BCUT2D eigenvalue weighted by atomic mass is 10.1. The molecule has 1 amide bonds. The number of hydrogen-bond donors (Lipinski definition) is 1. The summed E-state index contributed by atoms with van der Waals surface area (Å²) in [6.45, 7) is 3.61. The van der Waals surface area contributed by atoms with Crippen molar-refractivity contribution in [2.75, 3.05) is 20.1 Å². The topological polar surface area (TPSA) is 45.5 Å². The van der Waals surface area contributed by atoms with E-state index in [0.717, 1.165) is 36.9 Å². The van der Waals surface area contributed by atoms with E-state index in [-0.39, 0.29) is 18.3 Å². The Morgan fingerprint density at radius 2 is 2.19 bits per heavy atom. The van der Waals surface area contributed by atoms with Crippen LogP contribution in [0.25, 0.3) is 11.0 Å². The quantitative estimate of drug-likeness (QED) is 0.927. The highest BCUT2D eigenvalue weighted by molar-refractivity contribution is 5.96. The molecule has 0 saturated carbocycles. The minimum Gasteiger partial charge on any atom is -0.451 e. The number of benzene rings is 1. The Balaban J connectivity index is 0.00000161. The van der Waals surface area contributed by atoms with Crippen molar-refractivity contribution in [2.24, 2.45) is 0 Å². The van der Waals surface area contributed by atoms with Crippen LogP contribution in [0.1, 0.15) is 29.0 Å². The van der Waals surface area contributed by atoms with Gasteiger partial charge in [0.05, 0.1) is 0 Å². The highest BCUT2D eigenvalue weighted by atomic mass is 35.5. The molecule has 114 valence electrons. The molecule has 1 N–H and O–H groups in total. The largest absolute Gasteiger partial charge is 0.451 e. The summed E-state index contributed by atoms with van der Waals surface area (Å²) in [6.07, 6.45) is 2.16. The summed E-state index contributed by atoms with van der Waals surface area (Å²) >= 11 is 0. The predicted molar refractivity (Wildman–Crippen MR) is 86.2 cm³/mol. The van der Waals surface area contributed by atoms with E-state index in [4.69, 9.17) is 4.42 Å². The molecule has 1 aliphatic heterocycles. The number of nitrogens with one attached hydrogen (secondary N) is 1. The molecule has 1 saturated heterocycles. The third-order valence-electron chi connectivity index (χ3n) is 4.00. The number of rotatable bonds is 2. The number of fused-ring (bicyclic) bond motifs is 1. The molecule has 3 rings (SSSR count). The summed E-state index contributed by atoms with van der Waals surface area (Å²) in [5.41, 5.74) is 1.95. The van der Waals surface area contributed by atoms with Crippen molar-refractivity contribution >= 4 is 29.3 Å². The molecule has 21 heavy (non-hydrogen) atoms. The van der Waals surface area contributed by atoms with Crippen molar-refractivity contribution < 1.29 is 9.21 Å². The number of carbonyl (C=O) groups is 1. The van der Waals surface area contributed by atoms with E-state index in [9.17, 15) is 4.79 Å². The van der Waals surface area contributed by atoms with E-state index >= 15 is 0 Å². The lowest BCUT2D eigenvalue weighted by Crippen LogP contribution is -2.46. The highest BCUT2D eigenvalue weighted by Crippen LogP contribution is 2.22. The molecule has 1 aliphatic rings. The van der Waals surface area contributed by atoms with Crippen LogP contribution in [0.3, 0.4) is 0 Å². The van der Waals surface area contributed by atoms with Crippen LogP contribution in [0.2, 0.25) is 0 Å². The number of halogens is 1. The van der Waals surface area contributed by atoms with Crippen LogP contribution < -0.4 is 5.32 Å². The molecule has 1 aromatic heterocycles. The van der Waals surface area contributed by atoms with Gasteiger partial charge in [-0.15, -0.1) is 12.4 Å². The van der Waals surface area contributed by atoms with Gasteiger partial charge in [-0.05, 0) is 45.0 Å². The Labute approximate surface area is 130 Å². The minimum atomic E-state index is -0.00111. The number of aryl methyl sites for hydroxylation is 1. The number of hydrogen-bond acceptors (Lipinski definition) is 3. The number of furan rings is 1. The molecular weight excluding hydrogens is 288 g/mol. The summed E-state index contributed by atoms with van der Waals surface area (Å²) in [7, 11) is 1.95. The zero-order valence-electron chi connectivity index (χ0n) is 12.4. The molecule has 0 radical (unpaired) electrons. The summed E-state index contributed by atoms with van der Waals surface area (Å²) < 4.78 is 5.70. The van der Waals surface area contributed by atoms with Gasteiger partial charge in [-0.25, -0.2) is 0 Å². The van der Waals surface area contributed by atoms with Crippen LogP contribution in [0.4, 0.5) is 0 Å². The molecular formula is C16H21ClN2O2. The monoisotopic (exact) mass is 308 g/mol. The molecule has 1 fully saturated rings. The van der Waals surface area contributed by atoms with Crippen LogP contribution >= 0.6 is 12.4 Å². The van der Waals surface area contributed by atoms with Gasteiger partial charge in [-0.2, -0.15) is 0 Å². The highest BCUT2D eigenvalue weighted by Gasteiger charge is 2.25. The van der Waals surface area contributed by atoms with E-state index in [1.165, 1.54) is 5.56 Å². The minimum absolute atomic E-state index is 0. The van der Waals surface area contributed by atoms with Crippen molar-refractivity contribution in [1.29, 1.82) is 0 Å².